The predicted molar refractivity (Wildman–Crippen MR) is 98.9 cm³/mol. The van der Waals surface area contributed by atoms with Gasteiger partial charge < -0.3 is 10.4 Å². The molecule has 26 heavy (non-hydrogen) atoms. The van der Waals surface area contributed by atoms with Crippen LogP contribution in [0.2, 0.25) is 0 Å². The molecule has 0 spiro atoms. The maximum Gasteiger partial charge on any atom is 0.332 e. The number of sulfonamides is 1. The lowest BCUT2D eigenvalue weighted by molar-refractivity contribution is 0.141. The number of benzene rings is 1. The van der Waals surface area contributed by atoms with E-state index >= 15 is 0 Å². The summed E-state index contributed by atoms with van der Waals surface area (Å²) in [7, 11) is -3.71. The Bertz CT molecular complexity index is 799. The quantitative estimate of drug-likeness (QED) is 0.703. The van der Waals surface area contributed by atoms with Gasteiger partial charge in [0.15, 0.2) is 0 Å². The molecule has 2 amide bonds. The molecular weight excluding hydrogens is 354 g/mol. The molecule has 1 aromatic rings. The van der Waals surface area contributed by atoms with Crippen LogP contribution in [0, 0.1) is 0 Å². The van der Waals surface area contributed by atoms with E-state index in [2.05, 4.69) is 16.1 Å². The summed E-state index contributed by atoms with van der Waals surface area (Å²) in [6.07, 6.45) is 6.08. The fourth-order valence-electron chi connectivity index (χ4n) is 4.36. The Labute approximate surface area is 153 Å². The van der Waals surface area contributed by atoms with Gasteiger partial charge in [0, 0.05) is 25.3 Å². The zero-order valence-corrected chi connectivity index (χ0v) is 15.6. The molecule has 7 nitrogen and oxygen atoms in total. The number of anilines is 1. The molecule has 1 heterocycles. The molecule has 0 saturated carbocycles. The van der Waals surface area contributed by atoms with Crippen molar-refractivity contribution in [2.24, 2.45) is 0 Å². The number of likely N-dealkylation sites (tertiary alicyclic amines) is 1. The molecule has 0 atom stereocenters. The number of rotatable bonds is 5. The third kappa shape index (κ3) is 3.21. The number of aliphatic hydroxyl groups excluding tert-OH is 1. The van der Waals surface area contributed by atoms with Crippen molar-refractivity contribution < 1.29 is 18.3 Å². The highest BCUT2D eigenvalue weighted by atomic mass is 32.2. The summed E-state index contributed by atoms with van der Waals surface area (Å²) in [4.78, 5) is 14.3. The van der Waals surface area contributed by atoms with Crippen LogP contribution in [0.25, 0.3) is 0 Å². The number of β-amino-alcohol motifs (C(OH)–C–C–N with tert-alkyl or cyclic N) is 1. The Morgan fingerprint density at radius 2 is 1.73 bits per heavy atom. The highest BCUT2D eigenvalue weighted by molar-refractivity contribution is 7.90. The fraction of sp³-hybridized carbons (Fsp3) is 0.611. The predicted octanol–water partition coefficient (Wildman–Crippen LogP) is 0.792. The normalized spacial score (nSPS) is 19.7. The first kappa shape index (κ1) is 17.8. The Morgan fingerprint density at radius 1 is 1.12 bits per heavy atom. The smallest absolute Gasteiger partial charge is 0.332 e. The zero-order chi connectivity index (χ0) is 18.3. The summed E-state index contributed by atoms with van der Waals surface area (Å²) in [6, 6.07) is 1.61. The number of aliphatic hydroxyl groups is 1. The lowest BCUT2D eigenvalue weighted by atomic mass is 9.99. The highest BCUT2D eigenvalue weighted by Gasteiger charge is 2.38. The van der Waals surface area contributed by atoms with Gasteiger partial charge in [0.25, 0.3) is 0 Å². The number of fused-ring (bicyclic) bond motifs is 2. The molecule has 8 heteroatoms. The van der Waals surface area contributed by atoms with Crippen molar-refractivity contribution in [3.63, 3.8) is 0 Å². The largest absolute Gasteiger partial charge is 0.395 e. The van der Waals surface area contributed by atoms with E-state index in [4.69, 9.17) is 5.11 Å². The zero-order valence-electron chi connectivity index (χ0n) is 14.8. The van der Waals surface area contributed by atoms with Gasteiger partial charge in [0.05, 0.1) is 6.61 Å². The van der Waals surface area contributed by atoms with Crippen molar-refractivity contribution in [2.45, 2.75) is 43.8 Å². The van der Waals surface area contributed by atoms with E-state index in [9.17, 15) is 13.2 Å². The average Bonchev–Trinajstić information content (AvgIpc) is 3.18. The summed E-state index contributed by atoms with van der Waals surface area (Å²) < 4.78 is 26.9. The molecular formula is C18H25N3O4S. The number of urea groups is 1. The second-order valence-corrected chi connectivity index (χ2v) is 9.40. The van der Waals surface area contributed by atoms with E-state index in [1.54, 1.807) is 0 Å². The molecule has 2 aliphatic carbocycles. The molecule has 0 unspecified atom stereocenters. The minimum absolute atomic E-state index is 0.00487. The van der Waals surface area contributed by atoms with Crippen molar-refractivity contribution in [1.82, 2.24) is 9.62 Å². The van der Waals surface area contributed by atoms with Crippen LogP contribution < -0.4 is 10.0 Å². The molecule has 0 radical (unpaired) electrons. The standard InChI is InChI=1S/C18H25N3O4S/c22-8-7-21-10-14(11-21)26(24,25)20-18(23)19-17-15-5-1-3-12(15)9-13-4-2-6-16(13)17/h9,14,22H,1-8,10-11H2,(H2,19,20,23). The number of nitrogens with one attached hydrogen (secondary N) is 2. The molecule has 142 valence electrons. The van der Waals surface area contributed by atoms with Gasteiger partial charge in [-0.1, -0.05) is 6.07 Å². The topological polar surface area (TPSA) is 98.7 Å². The van der Waals surface area contributed by atoms with Gasteiger partial charge in [-0.25, -0.2) is 17.9 Å². The van der Waals surface area contributed by atoms with Gasteiger partial charge in [0.1, 0.15) is 5.25 Å². The van der Waals surface area contributed by atoms with Gasteiger partial charge in [-0.3, -0.25) is 4.90 Å². The lowest BCUT2D eigenvalue weighted by Gasteiger charge is -2.37. The summed E-state index contributed by atoms with van der Waals surface area (Å²) in [5.74, 6) is 0. The summed E-state index contributed by atoms with van der Waals surface area (Å²) >= 11 is 0. The first-order valence-electron chi connectivity index (χ1n) is 9.30. The maximum absolute atomic E-state index is 12.4. The molecule has 1 aliphatic heterocycles. The number of hydrogen-bond donors (Lipinski definition) is 3. The number of carbonyl (C=O) groups is 1. The maximum atomic E-state index is 12.4. The van der Waals surface area contributed by atoms with E-state index in [1.165, 1.54) is 22.3 Å². The highest BCUT2D eigenvalue weighted by Crippen LogP contribution is 2.38. The molecule has 0 bridgehead atoms. The van der Waals surface area contributed by atoms with Crippen LogP contribution in [0.1, 0.15) is 35.1 Å². The number of amides is 2. The second-order valence-electron chi connectivity index (χ2n) is 7.44. The monoisotopic (exact) mass is 379 g/mol. The Morgan fingerprint density at radius 3 is 2.31 bits per heavy atom. The lowest BCUT2D eigenvalue weighted by Crippen LogP contribution is -2.59. The first-order valence-corrected chi connectivity index (χ1v) is 10.8. The van der Waals surface area contributed by atoms with Gasteiger partial charge in [-0.05, 0) is 60.8 Å². The molecule has 1 saturated heterocycles. The SMILES string of the molecule is O=C(Nc1c2c(cc3c1CCC3)CCC2)NS(=O)(=O)C1CN(CCO)C1. The van der Waals surface area contributed by atoms with E-state index < -0.39 is 21.3 Å². The van der Waals surface area contributed by atoms with Crippen LogP contribution in [0.15, 0.2) is 6.07 Å². The molecule has 3 N–H and O–H groups in total. The third-order valence-corrected chi connectivity index (χ3v) is 7.37. The molecule has 0 aromatic heterocycles. The Hall–Kier alpha value is -1.64. The van der Waals surface area contributed by atoms with Gasteiger partial charge in [-0.15, -0.1) is 0 Å². The molecule has 1 aromatic carbocycles. The van der Waals surface area contributed by atoms with Crippen molar-refractivity contribution in [2.75, 3.05) is 31.6 Å². The number of carbonyl (C=O) groups excluding carboxylic acids is 1. The van der Waals surface area contributed by atoms with Crippen molar-refractivity contribution in [3.8, 4) is 0 Å². The van der Waals surface area contributed by atoms with Crippen LogP contribution in [-0.2, 0) is 35.7 Å². The minimum atomic E-state index is -3.71. The van der Waals surface area contributed by atoms with Crippen molar-refractivity contribution in [1.29, 1.82) is 0 Å². The van der Waals surface area contributed by atoms with Crippen LogP contribution >= 0.6 is 0 Å². The van der Waals surface area contributed by atoms with E-state index in [0.717, 1.165) is 44.2 Å². The minimum Gasteiger partial charge on any atom is -0.395 e. The number of hydrogen-bond acceptors (Lipinski definition) is 5. The molecule has 4 rings (SSSR count). The number of nitrogens with zero attached hydrogens (tertiary/aromatic N) is 1. The Balaban J connectivity index is 1.46. The van der Waals surface area contributed by atoms with E-state index in [0.29, 0.717) is 19.6 Å². The van der Waals surface area contributed by atoms with E-state index in [-0.39, 0.29) is 6.61 Å². The molecule has 3 aliphatic rings. The fourth-order valence-corrected chi connectivity index (χ4v) is 5.65. The molecule has 1 fully saturated rings. The third-order valence-electron chi connectivity index (χ3n) is 5.73. The number of aryl methyl sites for hydroxylation is 2. The van der Waals surface area contributed by atoms with Crippen LogP contribution in [0.5, 0.6) is 0 Å². The van der Waals surface area contributed by atoms with E-state index in [1.807, 2.05) is 4.90 Å². The van der Waals surface area contributed by atoms with Crippen LogP contribution in [-0.4, -0.2) is 55.9 Å². The van der Waals surface area contributed by atoms with Crippen molar-refractivity contribution >= 4 is 21.7 Å². The summed E-state index contributed by atoms with van der Waals surface area (Å²) in [5.41, 5.74) is 5.78. The average molecular weight is 379 g/mol. The Kier molecular flexibility index (Phi) is 4.66. The van der Waals surface area contributed by atoms with Gasteiger partial charge in [-0.2, -0.15) is 0 Å². The second kappa shape index (κ2) is 6.83. The first-order chi connectivity index (χ1) is 12.5. The van der Waals surface area contributed by atoms with Crippen LogP contribution in [0.4, 0.5) is 10.5 Å². The summed E-state index contributed by atoms with van der Waals surface area (Å²) in [6.45, 7) is 1.16. The van der Waals surface area contributed by atoms with Gasteiger partial charge >= 0.3 is 6.03 Å². The van der Waals surface area contributed by atoms with Gasteiger partial charge in [0.2, 0.25) is 10.0 Å². The van der Waals surface area contributed by atoms with Crippen molar-refractivity contribution in [3.05, 3.63) is 28.3 Å². The van der Waals surface area contributed by atoms with Crippen LogP contribution in [0.3, 0.4) is 0 Å². The summed E-state index contributed by atoms with van der Waals surface area (Å²) in [5, 5.41) is 11.1.